The number of nitrogens with zero attached hydrogens (tertiary/aromatic N) is 1. The minimum absolute atomic E-state index is 0.0674. The van der Waals surface area contributed by atoms with Crippen molar-refractivity contribution in [3.05, 3.63) is 0 Å². The van der Waals surface area contributed by atoms with Gasteiger partial charge in [0, 0.05) is 12.6 Å². The van der Waals surface area contributed by atoms with Crippen LogP contribution in [0.3, 0.4) is 0 Å². The average Bonchev–Trinajstić information content (AvgIpc) is 2.79. The Balaban J connectivity index is 1.90. The maximum atomic E-state index is 12.4. The third-order valence-corrected chi connectivity index (χ3v) is 6.43. The van der Waals surface area contributed by atoms with Gasteiger partial charge in [0.1, 0.15) is 0 Å². The van der Waals surface area contributed by atoms with E-state index in [1.54, 1.807) is 0 Å². The monoisotopic (exact) mass is 290 g/mol. The molecule has 3 unspecified atom stereocenters. The predicted molar refractivity (Wildman–Crippen MR) is 75.4 cm³/mol. The van der Waals surface area contributed by atoms with Crippen LogP contribution in [0.5, 0.6) is 0 Å². The number of hydrogen-bond donors (Lipinski definition) is 2. The van der Waals surface area contributed by atoms with E-state index in [4.69, 9.17) is 0 Å². The van der Waals surface area contributed by atoms with Crippen molar-refractivity contribution in [2.45, 2.75) is 51.1 Å². The first kappa shape index (κ1) is 15.2. The molecule has 112 valence electrons. The lowest BCUT2D eigenvalue weighted by Gasteiger charge is -2.27. The lowest BCUT2D eigenvalue weighted by atomic mass is 10.0. The minimum Gasteiger partial charge on any atom is -0.395 e. The molecule has 3 atom stereocenters. The fraction of sp³-hybridized carbons (Fsp3) is 1.00. The van der Waals surface area contributed by atoms with Crippen molar-refractivity contribution in [3.8, 4) is 0 Å². The summed E-state index contributed by atoms with van der Waals surface area (Å²) in [6, 6.07) is 0.125. The molecule has 2 aliphatic rings. The number of hydrogen-bond acceptors (Lipinski definition) is 4. The predicted octanol–water partition coefficient (Wildman–Crippen LogP) is 0.551. The molecule has 2 aliphatic heterocycles. The van der Waals surface area contributed by atoms with Gasteiger partial charge in [0.25, 0.3) is 0 Å². The molecule has 0 saturated carbocycles. The third kappa shape index (κ3) is 3.68. The van der Waals surface area contributed by atoms with Gasteiger partial charge in [-0.1, -0.05) is 13.3 Å². The molecule has 0 bridgehead atoms. The van der Waals surface area contributed by atoms with Crippen molar-refractivity contribution in [2.75, 3.05) is 25.4 Å². The van der Waals surface area contributed by atoms with E-state index in [9.17, 15) is 13.5 Å². The first-order valence-electron chi connectivity index (χ1n) is 7.38. The van der Waals surface area contributed by atoms with Crippen LogP contribution < -0.4 is 5.32 Å². The van der Waals surface area contributed by atoms with E-state index in [0.717, 1.165) is 19.4 Å². The van der Waals surface area contributed by atoms with Gasteiger partial charge in [0.15, 0.2) is 0 Å². The maximum absolute atomic E-state index is 12.4. The van der Waals surface area contributed by atoms with Gasteiger partial charge in [-0.3, -0.25) is 0 Å². The average molecular weight is 290 g/mol. The lowest BCUT2D eigenvalue weighted by molar-refractivity contribution is 0.191. The molecule has 2 fully saturated rings. The second kappa shape index (κ2) is 6.52. The van der Waals surface area contributed by atoms with Gasteiger partial charge in [0.2, 0.25) is 10.0 Å². The van der Waals surface area contributed by atoms with Gasteiger partial charge < -0.3 is 10.4 Å². The Hall–Kier alpha value is -0.170. The molecule has 0 aromatic heterocycles. The second-order valence-electron chi connectivity index (χ2n) is 5.88. The highest BCUT2D eigenvalue weighted by molar-refractivity contribution is 7.89. The van der Waals surface area contributed by atoms with Crippen LogP contribution in [0, 0.1) is 5.92 Å². The van der Waals surface area contributed by atoms with Gasteiger partial charge in [-0.05, 0) is 38.1 Å². The number of aliphatic hydroxyl groups is 1. The number of aliphatic hydroxyl groups excluding tert-OH is 1. The van der Waals surface area contributed by atoms with Gasteiger partial charge >= 0.3 is 0 Å². The Labute approximate surface area is 116 Å². The van der Waals surface area contributed by atoms with Crippen LogP contribution in [-0.4, -0.2) is 55.4 Å². The van der Waals surface area contributed by atoms with Crippen LogP contribution in [-0.2, 0) is 10.0 Å². The van der Waals surface area contributed by atoms with Crippen molar-refractivity contribution < 1.29 is 13.5 Å². The molecule has 0 spiro atoms. The summed E-state index contributed by atoms with van der Waals surface area (Å²) < 4.78 is 26.3. The third-order valence-electron chi connectivity index (χ3n) is 4.51. The van der Waals surface area contributed by atoms with Crippen LogP contribution in [0.4, 0.5) is 0 Å². The highest BCUT2D eigenvalue weighted by Gasteiger charge is 2.38. The van der Waals surface area contributed by atoms with E-state index in [0.29, 0.717) is 19.0 Å². The molecule has 6 heteroatoms. The van der Waals surface area contributed by atoms with Gasteiger partial charge in [0.05, 0.1) is 18.4 Å². The molecule has 0 radical (unpaired) electrons. The fourth-order valence-corrected chi connectivity index (χ4v) is 5.06. The molecule has 2 N–H and O–H groups in total. The topological polar surface area (TPSA) is 69.6 Å². The molecule has 5 nitrogen and oxygen atoms in total. The normalized spacial score (nSPS) is 33.7. The summed E-state index contributed by atoms with van der Waals surface area (Å²) in [5.41, 5.74) is 0. The zero-order valence-corrected chi connectivity index (χ0v) is 12.5. The zero-order valence-electron chi connectivity index (χ0n) is 11.7. The quantitative estimate of drug-likeness (QED) is 0.776. The lowest BCUT2D eigenvalue weighted by Crippen LogP contribution is -2.43. The Kier molecular flexibility index (Phi) is 5.22. The first-order valence-corrected chi connectivity index (χ1v) is 8.99. The van der Waals surface area contributed by atoms with Crippen LogP contribution in [0.15, 0.2) is 0 Å². The van der Waals surface area contributed by atoms with Gasteiger partial charge in [-0.15, -0.1) is 0 Å². The molecular weight excluding hydrogens is 264 g/mol. The highest BCUT2D eigenvalue weighted by atomic mass is 32.2. The van der Waals surface area contributed by atoms with E-state index in [1.807, 2.05) is 6.92 Å². The molecule has 0 amide bonds. The Morgan fingerprint density at radius 2 is 2.11 bits per heavy atom. The van der Waals surface area contributed by atoms with Crippen LogP contribution >= 0.6 is 0 Å². The van der Waals surface area contributed by atoms with Crippen molar-refractivity contribution >= 4 is 10.0 Å². The summed E-state index contributed by atoms with van der Waals surface area (Å²) in [5, 5.41) is 12.8. The van der Waals surface area contributed by atoms with Crippen molar-refractivity contribution in [1.29, 1.82) is 0 Å². The summed E-state index contributed by atoms with van der Waals surface area (Å²) in [5.74, 6) is 0.459. The number of nitrogens with one attached hydrogen (secondary N) is 1. The summed E-state index contributed by atoms with van der Waals surface area (Å²) >= 11 is 0. The van der Waals surface area contributed by atoms with E-state index in [2.05, 4.69) is 5.32 Å². The second-order valence-corrected chi connectivity index (χ2v) is 7.92. The molecule has 2 rings (SSSR count). The van der Waals surface area contributed by atoms with E-state index in [-0.39, 0.29) is 24.3 Å². The molecule has 0 aromatic rings. The Bertz CT molecular complexity index is 379. The summed E-state index contributed by atoms with van der Waals surface area (Å²) in [6.45, 7) is 3.51. The zero-order chi connectivity index (χ0) is 13.9. The smallest absolute Gasteiger partial charge is 0.214 e. The number of rotatable bonds is 5. The van der Waals surface area contributed by atoms with Crippen molar-refractivity contribution in [3.63, 3.8) is 0 Å². The Morgan fingerprint density at radius 3 is 2.74 bits per heavy atom. The van der Waals surface area contributed by atoms with E-state index >= 15 is 0 Å². The number of piperidine rings is 1. The molecular formula is C13H26N2O3S. The van der Waals surface area contributed by atoms with Gasteiger partial charge in [-0.25, -0.2) is 8.42 Å². The highest BCUT2D eigenvalue weighted by Crippen LogP contribution is 2.27. The number of sulfonamides is 1. The van der Waals surface area contributed by atoms with Crippen LogP contribution in [0.1, 0.15) is 39.0 Å². The minimum atomic E-state index is -3.22. The largest absolute Gasteiger partial charge is 0.395 e. The van der Waals surface area contributed by atoms with Crippen molar-refractivity contribution in [1.82, 2.24) is 9.62 Å². The summed E-state index contributed by atoms with van der Waals surface area (Å²) in [6.07, 6.45) is 5.00. The fourth-order valence-electron chi connectivity index (χ4n) is 3.17. The SMILES string of the molecule is CC1CCN(S(=O)(=O)CCC2CCCCN2)C1CO. The standard InChI is InChI=1S/C13H26N2O3S/c1-11-5-8-15(13(11)10-16)19(17,18)9-6-12-4-2-3-7-14-12/h11-14,16H,2-10H2,1H3. The van der Waals surface area contributed by atoms with E-state index < -0.39 is 10.0 Å². The maximum Gasteiger partial charge on any atom is 0.214 e. The molecule has 2 saturated heterocycles. The van der Waals surface area contributed by atoms with Crippen LogP contribution in [0.25, 0.3) is 0 Å². The van der Waals surface area contributed by atoms with Crippen molar-refractivity contribution in [2.24, 2.45) is 5.92 Å². The molecule has 0 aromatic carbocycles. The first-order chi connectivity index (χ1) is 9.04. The summed E-state index contributed by atoms with van der Waals surface area (Å²) in [7, 11) is -3.22. The van der Waals surface area contributed by atoms with E-state index in [1.165, 1.54) is 17.1 Å². The Morgan fingerprint density at radius 1 is 1.32 bits per heavy atom. The van der Waals surface area contributed by atoms with Crippen LogP contribution in [0.2, 0.25) is 0 Å². The van der Waals surface area contributed by atoms with Gasteiger partial charge in [-0.2, -0.15) is 4.31 Å². The summed E-state index contributed by atoms with van der Waals surface area (Å²) in [4.78, 5) is 0. The molecule has 2 heterocycles. The molecule has 19 heavy (non-hydrogen) atoms. The molecule has 0 aliphatic carbocycles.